The summed E-state index contributed by atoms with van der Waals surface area (Å²) in [6.07, 6.45) is 2.22. The zero-order valence-corrected chi connectivity index (χ0v) is 17.7. The van der Waals surface area contributed by atoms with Crippen LogP contribution >= 0.6 is 0 Å². The van der Waals surface area contributed by atoms with Gasteiger partial charge in [0.1, 0.15) is 0 Å². The molecule has 6 nitrogen and oxygen atoms in total. The fourth-order valence-corrected chi connectivity index (χ4v) is 3.71. The van der Waals surface area contributed by atoms with E-state index >= 15 is 0 Å². The van der Waals surface area contributed by atoms with Crippen molar-refractivity contribution >= 4 is 17.4 Å². The van der Waals surface area contributed by atoms with Gasteiger partial charge in [-0.15, -0.1) is 0 Å². The van der Waals surface area contributed by atoms with Crippen LogP contribution in [-0.4, -0.2) is 36.0 Å². The molecule has 2 aliphatic rings. The second-order valence-electron chi connectivity index (χ2n) is 8.39. The van der Waals surface area contributed by atoms with Crippen molar-refractivity contribution in [1.29, 1.82) is 0 Å². The number of benzene rings is 2. The average molecular weight is 408 g/mol. The molecule has 0 saturated heterocycles. The van der Waals surface area contributed by atoms with Crippen molar-refractivity contribution < 1.29 is 19.1 Å². The summed E-state index contributed by atoms with van der Waals surface area (Å²) in [7, 11) is 0. The monoisotopic (exact) mass is 408 g/mol. The Morgan fingerprint density at radius 3 is 2.37 bits per heavy atom. The van der Waals surface area contributed by atoms with E-state index in [1.807, 2.05) is 0 Å². The van der Waals surface area contributed by atoms with Gasteiger partial charge < -0.3 is 14.8 Å². The molecule has 6 heteroatoms. The van der Waals surface area contributed by atoms with Gasteiger partial charge in [-0.05, 0) is 42.9 Å². The molecule has 1 amide bonds. The number of rotatable bonds is 8. The summed E-state index contributed by atoms with van der Waals surface area (Å²) in [6, 6.07) is 12.4. The second-order valence-corrected chi connectivity index (χ2v) is 8.39. The van der Waals surface area contributed by atoms with Crippen LogP contribution in [0.5, 0.6) is 11.5 Å². The number of ether oxygens (including phenoxy) is 2. The lowest BCUT2D eigenvalue weighted by Gasteiger charge is -2.22. The maximum absolute atomic E-state index is 12.8. The number of ketones is 1. The summed E-state index contributed by atoms with van der Waals surface area (Å²) in [4.78, 5) is 27.1. The first kappa shape index (κ1) is 20.4. The molecule has 2 aromatic carbocycles. The normalized spacial score (nSPS) is 15.0. The van der Waals surface area contributed by atoms with Crippen molar-refractivity contribution in [2.24, 2.45) is 0 Å². The number of fused-ring (bicyclic) bond motifs is 1. The van der Waals surface area contributed by atoms with Crippen molar-refractivity contribution in [3.05, 3.63) is 53.1 Å². The van der Waals surface area contributed by atoms with Gasteiger partial charge in [-0.3, -0.25) is 14.5 Å². The Kier molecular flexibility index (Phi) is 5.77. The van der Waals surface area contributed by atoms with Crippen LogP contribution in [0.3, 0.4) is 0 Å². The summed E-state index contributed by atoms with van der Waals surface area (Å²) in [5.74, 6) is 1.30. The highest BCUT2D eigenvalue weighted by molar-refractivity contribution is 6.05. The lowest BCUT2D eigenvalue weighted by atomic mass is 10.0. The predicted molar refractivity (Wildman–Crippen MR) is 115 cm³/mol. The first-order chi connectivity index (χ1) is 14.4. The van der Waals surface area contributed by atoms with Gasteiger partial charge in [0.2, 0.25) is 12.7 Å². The Hall–Kier alpha value is -2.86. The molecule has 0 spiro atoms. The van der Waals surface area contributed by atoms with Crippen LogP contribution in [0.25, 0.3) is 0 Å². The van der Waals surface area contributed by atoms with Crippen LogP contribution in [0.2, 0.25) is 0 Å². The molecule has 1 N–H and O–H groups in total. The molecule has 30 heavy (non-hydrogen) atoms. The zero-order chi connectivity index (χ0) is 21.3. The number of carbonyl (C=O) groups excluding carboxylic acids is 2. The molecule has 158 valence electrons. The fraction of sp³-hybridized carbons (Fsp3) is 0.417. The molecule has 1 aliphatic heterocycles. The van der Waals surface area contributed by atoms with Crippen molar-refractivity contribution in [1.82, 2.24) is 4.90 Å². The predicted octanol–water partition coefficient (Wildman–Crippen LogP) is 4.34. The third-order valence-electron chi connectivity index (χ3n) is 5.61. The molecular weight excluding hydrogens is 380 g/mol. The van der Waals surface area contributed by atoms with Crippen molar-refractivity contribution in [2.45, 2.75) is 52.1 Å². The minimum atomic E-state index is -0.137. The highest BCUT2D eigenvalue weighted by Crippen LogP contribution is 2.37. The number of carbonyl (C=O) groups is 2. The average Bonchev–Trinajstić information content (AvgIpc) is 3.45. The summed E-state index contributed by atoms with van der Waals surface area (Å²) in [5, 5.41) is 2.91. The Balaban J connectivity index is 1.45. The first-order valence-electron chi connectivity index (χ1n) is 10.5. The molecule has 1 fully saturated rings. The lowest BCUT2D eigenvalue weighted by Crippen LogP contribution is -2.34. The first-order valence-corrected chi connectivity index (χ1v) is 10.5. The van der Waals surface area contributed by atoms with Gasteiger partial charge in [-0.1, -0.05) is 38.1 Å². The van der Waals surface area contributed by atoms with E-state index in [9.17, 15) is 9.59 Å². The van der Waals surface area contributed by atoms with Crippen LogP contribution in [0, 0.1) is 0 Å². The number of nitrogens with zero attached hydrogens (tertiary/aromatic N) is 1. The number of hydrogen-bond donors (Lipinski definition) is 1. The number of anilines is 1. The van der Waals surface area contributed by atoms with Gasteiger partial charge in [0, 0.05) is 24.2 Å². The molecule has 1 heterocycles. The van der Waals surface area contributed by atoms with Crippen LogP contribution in [0.1, 0.15) is 61.0 Å². The number of hydrogen-bond acceptors (Lipinski definition) is 5. The Morgan fingerprint density at radius 2 is 1.77 bits per heavy atom. The van der Waals surface area contributed by atoms with E-state index in [0.29, 0.717) is 34.7 Å². The van der Waals surface area contributed by atoms with Crippen LogP contribution < -0.4 is 14.8 Å². The number of nitrogens with one attached hydrogen (secondary N) is 1. The van der Waals surface area contributed by atoms with Gasteiger partial charge >= 0.3 is 0 Å². The summed E-state index contributed by atoms with van der Waals surface area (Å²) >= 11 is 0. The highest BCUT2D eigenvalue weighted by atomic mass is 16.7. The number of Topliss-reactive ketones (excluding diaryl/α,β-unsaturated/α-hetero) is 1. The van der Waals surface area contributed by atoms with Gasteiger partial charge in [0.05, 0.1) is 12.2 Å². The quantitative estimate of drug-likeness (QED) is 0.658. The summed E-state index contributed by atoms with van der Waals surface area (Å²) in [6.45, 7) is 6.97. The molecule has 0 bridgehead atoms. The summed E-state index contributed by atoms with van der Waals surface area (Å²) in [5.41, 5.74) is 3.41. The van der Waals surface area contributed by atoms with E-state index in [1.54, 1.807) is 12.1 Å². The smallest absolute Gasteiger partial charge is 0.238 e. The van der Waals surface area contributed by atoms with E-state index in [1.165, 1.54) is 18.1 Å². The Labute approximate surface area is 177 Å². The van der Waals surface area contributed by atoms with Crippen molar-refractivity contribution in [2.75, 3.05) is 18.7 Å². The van der Waals surface area contributed by atoms with Gasteiger partial charge in [-0.25, -0.2) is 0 Å². The Bertz CT molecular complexity index is 948. The molecule has 2 aromatic rings. The van der Waals surface area contributed by atoms with Gasteiger partial charge in [0.15, 0.2) is 17.3 Å². The zero-order valence-electron chi connectivity index (χ0n) is 17.7. The molecule has 0 aromatic heterocycles. The molecule has 0 atom stereocenters. The topological polar surface area (TPSA) is 67.9 Å². The molecule has 1 aliphatic carbocycles. The summed E-state index contributed by atoms with van der Waals surface area (Å²) < 4.78 is 10.7. The Morgan fingerprint density at radius 1 is 1.10 bits per heavy atom. The van der Waals surface area contributed by atoms with E-state index in [2.05, 4.69) is 48.3 Å². The second kappa shape index (κ2) is 8.48. The molecular formula is C24H28N2O4. The maximum Gasteiger partial charge on any atom is 0.238 e. The fourth-order valence-electron chi connectivity index (χ4n) is 3.71. The van der Waals surface area contributed by atoms with E-state index in [-0.39, 0.29) is 25.0 Å². The van der Waals surface area contributed by atoms with E-state index in [0.717, 1.165) is 19.4 Å². The minimum Gasteiger partial charge on any atom is -0.454 e. The SMILES string of the molecule is CC(=O)c1cc2c(cc1NC(=O)CN(Cc1ccc(C(C)C)cc1)C1CC1)OCO2. The van der Waals surface area contributed by atoms with Crippen LogP contribution in [-0.2, 0) is 11.3 Å². The van der Waals surface area contributed by atoms with Gasteiger partial charge in [-0.2, -0.15) is 0 Å². The standard InChI is InChI=1S/C24H28N2O4/c1-15(2)18-6-4-17(5-7-18)12-26(19-8-9-19)13-24(28)25-21-11-23-22(29-14-30-23)10-20(21)16(3)27/h4-7,10-11,15,19H,8-9,12-14H2,1-3H3,(H,25,28). The largest absolute Gasteiger partial charge is 0.454 e. The van der Waals surface area contributed by atoms with Crippen LogP contribution in [0.4, 0.5) is 5.69 Å². The highest BCUT2D eigenvalue weighted by Gasteiger charge is 2.30. The van der Waals surface area contributed by atoms with E-state index < -0.39 is 0 Å². The van der Waals surface area contributed by atoms with Crippen molar-refractivity contribution in [3.63, 3.8) is 0 Å². The molecule has 4 rings (SSSR count). The third-order valence-corrected chi connectivity index (χ3v) is 5.61. The molecule has 1 saturated carbocycles. The number of amides is 1. The van der Waals surface area contributed by atoms with Crippen molar-refractivity contribution in [3.8, 4) is 11.5 Å². The van der Waals surface area contributed by atoms with Gasteiger partial charge in [0.25, 0.3) is 0 Å². The molecule has 0 radical (unpaired) electrons. The lowest BCUT2D eigenvalue weighted by molar-refractivity contribution is -0.117. The van der Waals surface area contributed by atoms with E-state index in [4.69, 9.17) is 9.47 Å². The molecule has 0 unspecified atom stereocenters. The third kappa shape index (κ3) is 4.65. The maximum atomic E-state index is 12.8. The minimum absolute atomic E-state index is 0.120. The van der Waals surface area contributed by atoms with Crippen LogP contribution in [0.15, 0.2) is 36.4 Å².